The molecule has 1 aliphatic rings. The van der Waals surface area contributed by atoms with Gasteiger partial charge in [-0.2, -0.15) is 0 Å². The first-order valence-electron chi connectivity index (χ1n) is 6.91. The van der Waals surface area contributed by atoms with Gasteiger partial charge in [0.15, 0.2) is 0 Å². The topological polar surface area (TPSA) is 71.3 Å². The minimum atomic E-state index is -3.57. The van der Waals surface area contributed by atoms with Crippen molar-refractivity contribution in [1.29, 1.82) is 0 Å². The highest BCUT2D eigenvalue weighted by atomic mass is 32.2. The van der Waals surface area contributed by atoms with E-state index in [0.29, 0.717) is 5.76 Å². The predicted molar refractivity (Wildman–Crippen MR) is 80.8 cm³/mol. The third kappa shape index (κ3) is 2.82. The fourth-order valence-corrected chi connectivity index (χ4v) is 3.72. The molecule has 0 aliphatic carbocycles. The van der Waals surface area contributed by atoms with Crippen LogP contribution in [0, 0.1) is 6.92 Å². The van der Waals surface area contributed by atoms with Crippen LogP contribution in [0.5, 0.6) is 0 Å². The van der Waals surface area contributed by atoms with E-state index >= 15 is 0 Å². The second kappa shape index (κ2) is 5.20. The van der Waals surface area contributed by atoms with Gasteiger partial charge in [0, 0.05) is 12.2 Å². The molecular weight excluding hydrogens is 288 g/mol. The highest BCUT2D eigenvalue weighted by Crippen LogP contribution is 2.26. The van der Waals surface area contributed by atoms with Crippen molar-refractivity contribution in [1.82, 2.24) is 4.72 Å². The van der Waals surface area contributed by atoms with Gasteiger partial charge in [-0.3, -0.25) is 0 Å². The normalized spacial score (nSPS) is 15.5. The number of furan rings is 1. The molecule has 1 aromatic heterocycles. The van der Waals surface area contributed by atoms with E-state index in [-0.39, 0.29) is 4.90 Å². The van der Waals surface area contributed by atoms with Crippen LogP contribution in [0.1, 0.15) is 30.0 Å². The number of fused-ring (bicyclic) bond motifs is 1. The zero-order valence-electron chi connectivity index (χ0n) is 12.0. The molecule has 0 radical (unpaired) electrons. The average Bonchev–Trinajstić information content (AvgIpc) is 3.05. The summed E-state index contributed by atoms with van der Waals surface area (Å²) in [6.45, 7) is 4.45. The maximum absolute atomic E-state index is 12.4. The lowest BCUT2D eigenvalue weighted by molar-refractivity contribution is 0.441. The highest BCUT2D eigenvalue weighted by Gasteiger charge is 2.22. The molecule has 2 heterocycles. The molecule has 0 amide bonds. The van der Waals surface area contributed by atoms with Gasteiger partial charge in [0.25, 0.3) is 0 Å². The second-order valence-electron chi connectivity index (χ2n) is 5.29. The fraction of sp³-hybridized carbons (Fsp3) is 0.333. The third-order valence-electron chi connectivity index (χ3n) is 3.62. The van der Waals surface area contributed by atoms with E-state index in [1.807, 2.05) is 19.1 Å². The van der Waals surface area contributed by atoms with Crippen molar-refractivity contribution < 1.29 is 12.8 Å². The lowest BCUT2D eigenvalue weighted by atomic mass is 10.2. The van der Waals surface area contributed by atoms with Crippen LogP contribution in [0.4, 0.5) is 5.69 Å². The van der Waals surface area contributed by atoms with E-state index in [4.69, 9.17) is 4.42 Å². The van der Waals surface area contributed by atoms with Crippen LogP contribution in [0.3, 0.4) is 0 Å². The summed E-state index contributed by atoms with van der Waals surface area (Å²) in [5.74, 6) is 1.37. The maximum atomic E-state index is 12.4. The van der Waals surface area contributed by atoms with Crippen LogP contribution in [-0.4, -0.2) is 15.0 Å². The van der Waals surface area contributed by atoms with E-state index < -0.39 is 16.1 Å². The average molecular weight is 306 g/mol. The van der Waals surface area contributed by atoms with Gasteiger partial charge in [-0.15, -0.1) is 0 Å². The maximum Gasteiger partial charge on any atom is 0.241 e. The zero-order chi connectivity index (χ0) is 15.0. The number of rotatable bonds is 4. The van der Waals surface area contributed by atoms with Crippen LogP contribution in [0.15, 0.2) is 39.6 Å². The summed E-state index contributed by atoms with van der Waals surface area (Å²) < 4.78 is 33.0. The second-order valence-corrected chi connectivity index (χ2v) is 7.00. The Morgan fingerprint density at radius 3 is 2.81 bits per heavy atom. The molecule has 2 N–H and O–H groups in total. The summed E-state index contributed by atoms with van der Waals surface area (Å²) >= 11 is 0. The Bertz CT molecular complexity index is 765. The van der Waals surface area contributed by atoms with Gasteiger partial charge >= 0.3 is 0 Å². The number of aryl methyl sites for hydroxylation is 1. The number of hydrogen-bond acceptors (Lipinski definition) is 4. The van der Waals surface area contributed by atoms with Crippen molar-refractivity contribution in [2.75, 3.05) is 11.9 Å². The smallest absolute Gasteiger partial charge is 0.241 e. The van der Waals surface area contributed by atoms with Gasteiger partial charge < -0.3 is 9.73 Å². The summed E-state index contributed by atoms with van der Waals surface area (Å²) in [6, 6.07) is 8.39. The molecule has 112 valence electrons. The van der Waals surface area contributed by atoms with E-state index in [2.05, 4.69) is 10.0 Å². The Hall–Kier alpha value is -1.79. The van der Waals surface area contributed by atoms with Crippen molar-refractivity contribution in [3.63, 3.8) is 0 Å². The first kappa shape index (κ1) is 14.2. The summed E-state index contributed by atoms with van der Waals surface area (Å²) in [6.07, 6.45) is 0.936. The van der Waals surface area contributed by atoms with Gasteiger partial charge in [0.05, 0.1) is 10.9 Å². The number of benzene rings is 1. The van der Waals surface area contributed by atoms with Crippen molar-refractivity contribution >= 4 is 15.7 Å². The van der Waals surface area contributed by atoms with Crippen molar-refractivity contribution in [3.05, 3.63) is 47.4 Å². The Kier molecular flexibility index (Phi) is 3.51. The largest absolute Gasteiger partial charge is 0.465 e. The van der Waals surface area contributed by atoms with Crippen molar-refractivity contribution in [2.45, 2.75) is 31.2 Å². The van der Waals surface area contributed by atoms with Crippen LogP contribution < -0.4 is 10.0 Å². The number of sulfonamides is 1. The van der Waals surface area contributed by atoms with E-state index in [9.17, 15) is 8.42 Å². The molecule has 1 aliphatic heterocycles. The first-order valence-corrected chi connectivity index (χ1v) is 8.39. The Balaban J connectivity index is 1.83. The Morgan fingerprint density at radius 1 is 1.29 bits per heavy atom. The molecule has 1 aromatic carbocycles. The zero-order valence-corrected chi connectivity index (χ0v) is 12.8. The monoisotopic (exact) mass is 306 g/mol. The molecule has 0 bridgehead atoms. The summed E-state index contributed by atoms with van der Waals surface area (Å²) in [4.78, 5) is 0.269. The van der Waals surface area contributed by atoms with Gasteiger partial charge in [-0.05, 0) is 50.1 Å². The summed E-state index contributed by atoms with van der Waals surface area (Å²) in [7, 11) is -3.57. The van der Waals surface area contributed by atoms with Gasteiger partial charge in [-0.1, -0.05) is 6.07 Å². The van der Waals surface area contributed by atoms with Crippen LogP contribution in [0.25, 0.3) is 0 Å². The third-order valence-corrected chi connectivity index (χ3v) is 5.16. The van der Waals surface area contributed by atoms with Crippen LogP contribution in [-0.2, 0) is 16.4 Å². The predicted octanol–water partition coefficient (Wildman–Crippen LogP) is 2.60. The van der Waals surface area contributed by atoms with Gasteiger partial charge in [0.2, 0.25) is 10.0 Å². The summed E-state index contributed by atoms with van der Waals surface area (Å²) in [5.41, 5.74) is 2.06. The van der Waals surface area contributed by atoms with Crippen molar-refractivity contribution in [2.24, 2.45) is 0 Å². The van der Waals surface area contributed by atoms with Crippen LogP contribution in [0.2, 0.25) is 0 Å². The van der Waals surface area contributed by atoms with Gasteiger partial charge in [0.1, 0.15) is 11.5 Å². The number of hydrogen-bond donors (Lipinski definition) is 2. The minimum absolute atomic E-state index is 0.269. The van der Waals surface area contributed by atoms with E-state index in [0.717, 1.165) is 30.0 Å². The molecule has 6 heteroatoms. The van der Waals surface area contributed by atoms with Gasteiger partial charge in [-0.25, -0.2) is 13.1 Å². The molecular formula is C15H18N2O3S. The Morgan fingerprint density at radius 2 is 2.10 bits per heavy atom. The molecule has 2 aromatic rings. The van der Waals surface area contributed by atoms with Crippen LogP contribution >= 0.6 is 0 Å². The summed E-state index contributed by atoms with van der Waals surface area (Å²) in [5, 5.41) is 3.19. The lowest BCUT2D eigenvalue weighted by Gasteiger charge is -2.13. The number of anilines is 1. The minimum Gasteiger partial charge on any atom is -0.465 e. The molecule has 1 unspecified atom stereocenters. The molecule has 3 rings (SSSR count). The Labute approximate surface area is 124 Å². The van der Waals surface area contributed by atoms with E-state index in [1.165, 1.54) is 0 Å². The molecule has 0 fully saturated rings. The molecule has 0 spiro atoms. The lowest BCUT2D eigenvalue weighted by Crippen LogP contribution is -2.26. The fourth-order valence-electron chi connectivity index (χ4n) is 2.48. The molecule has 21 heavy (non-hydrogen) atoms. The highest BCUT2D eigenvalue weighted by molar-refractivity contribution is 7.89. The molecule has 5 nitrogen and oxygen atoms in total. The first-order chi connectivity index (χ1) is 9.95. The SMILES string of the molecule is Cc1ccc(C(C)NS(=O)(=O)c2ccc3c(c2)NCC3)o1. The number of nitrogens with one attached hydrogen (secondary N) is 2. The quantitative estimate of drug-likeness (QED) is 0.911. The molecule has 0 saturated carbocycles. The molecule has 1 atom stereocenters. The van der Waals surface area contributed by atoms with E-state index in [1.54, 1.807) is 25.1 Å². The van der Waals surface area contributed by atoms with Crippen molar-refractivity contribution in [3.8, 4) is 0 Å². The standard InChI is InChI=1S/C15H18N2O3S/c1-10-3-6-15(20-10)11(2)17-21(18,19)13-5-4-12-7-8-16-14(12)9-13/h3-6,9,11,16-17H,7-8H2,1-2H3. The molecule has 0 saturated heterocycles.